The van der Waals surface area contributed by atoms with E-state index in [0.717, 1.165) is 56.9 Å². The van der Waals surface area contributed by atoms with E-state index in [4.69, 9.17) is 21.2 Å². The van der Waals surface area contributed by atoms with Crippen LogP contribution < -0.4 is 16.0 Å². The Morgan fingerprint density at radius 2 is 1.78 bits per heavy atom. The Bertz CT molecular complexity index is 1450. The maximum Gasteiger partial charge on any atom is 0.408 e. The number of nitrogens with one attached hydrogen (secondary N) is 3. The molecule has 268 valence electrons. The first-order chi connectivity index (χ1) is 23.3. The number of Topliss-reactive ketones (excluding diaryl/α,β-unsaturated/α-hetero) is 1. The van der Waals surface area contributed by atoms with Crippen molar-refractivity contribution in [1.29, 1.82) is 0 Å². The van der Waals surface area contributed by atoms with Crippen molar-refractivity contribution in [2.24, 2.45) is 10.6 Å². The summed E-state index contributed by atoms with van der Waals surface area (Å²) in [7, 11) is 0. The Hall–Kier alpha value is -3.67. The molecule has 13 heteroatoms. The Balaban J connectivity index is 1.38. The van der Waals surface area contributed by atoms with Crippen LogP contribution in [0.5, 0.6) is 0 Å². The lowest BCUT2D eigenvalue weighted by molar-refractivity contribution is -0.144. The maximum absolute atomic E-state index is 14.5. The molecule has 3 N–H and O–H groups in total. The molecule has 0 radical (unpaired) electrons. The minimum absolute atomic E-state index is 0.0119. The molecule has 2 aliphatic carbocycles. The summed E-state index contributed by atoms with van der Waals surface area (Å²) in [5.74, 6) is -2.50. The van der Waals surface area contributed by atoms with E-state index in [9.17, 15) is 24.0 Å². The van der Waals surface area contributed by atoms with Crippen molar-refractivity contribution in [2.75, 3.05) is 6.54 Å². The van der Waals surface area contributed by atoms with Gasteiger partial charge in [-0.15, -0.1) is 0 Å². The minimum atomic E-state index is -1.07. The normalized spacial score (nSPS) is 23.9. The zero-order chi connectivity index (χ0) is 35.3. The second-order valence-electron chi connectivity index (χ2n) is 15.1. The number of likely N-dealkylation sites (tertiary alicyclic amines) is 1. The SMILES string of the molecule is CCC[C@H](NC(=O)[C@@H]1C[C@]2(CC(c3cccc(Cl)c3)=NO2)CN1C(=O)[C@@H](NC(=O)OC1CCCCCC1)C(C)(C)C)C(=O)C(=O)NC1CC1. The van der Waals surface area contributed by atoms with Crippen molar-refractivity contribution in [2.45, 2.75) is 141 Å². The number of amides is 4. The van der Waals surface area contributed by atoms with E-state index in [1.807, 2.05) is 39.8 Å². The van der Waals surface area contributed by atoms with Crippen LogP contribution in [0.3, 0.4) is 0 Å². The molecule has 2 heterocycles. The van der Waals surface area contributed by atoms with Gasteiger partial charge in [0.25, 0.3) is 5.91 Å². The van der Waals surface area contributed by atoms with Gasteiger partial charge in [-0.1, -0.05) is 75.8 Å². The lowest BCUT2D eigenvalue weighted by atomic mass is 9.85. The van der Waals surface area contributed by atoms with E-state index >= 15 is 0 Å². The highest BCUT2D eigenvalue weighted by Gasteiger charge is 2.56. The Morgan fingerprint density at radius 3 is 2.41 bits per heavy atom. The molecule has 0 unspecified atom stereocenters. The van der Waals surface area contributed by atoms with Gasteiger partial charge in [-0.2, -0.15) is 0 Å². The van der Waals surface area contributed by atoms with E-state index in [2.05, 4.69) is 21.1 Å². The van der Waals surface area contributed by atoms with Gasteiger partial charge in [0.1, 0.15) is 18.2 Å². The quantitative estimate of drug-likeness (QED) is 0.221. The Morgan fingerprint density at radius 1 is 1.06 bits per heavy atom. The standard InChI is InChI=1S/C36H50ClN5O7/c1-5-11-26(29(43)32(45)38-24-16-17-24)39-31(44)28-20-36(19-27(41-49-36)22-12-10-13-23(37)18-22)21-42(28)33(46)30(35(2,3)4)40-34(47)48-25-14-8-6-7-9-15-25/h10,12-13,18,24-26,28,30H,5-9,11,14-17,19-21H2,1-4H3,(H,38,45)(H,39,44)(H,40,47)/t26-,28-,30+,36+/m0/s1. The summed E-state index contributed by atoms with van der Waals surface area (Å²) in [5, 5.41) is 13.2. The second-order valence-corrected chi connectivity index (χ2v) is 15.5. The number of ketones is 1. The molecule has 2 saturated carbocycles. The number of rotatable bonds is 11. The number of carbonyl (C=O) groups excluding carboxylic acids is 5. The average Bonchev–Trinajstić information content (AvgIpc) is 3.73. The fraction of sp³-hybridized carbons (Fsp3) is 0.667. The maximum atomic E-state index is 14.5. The van der Waals surface area contributed by atoms with Gasteiger partial charge < -0.3 is 30.4 Å². The van der Waals surface area contributed by atoms with Crippen LogP contribution in [0.1, 0.15) is 110 Å². The van der Waals surface area contributed by atoms with Gasteiger partial charge in [0.2, 0.25) is 17.6 Å². The van der Waals surface area contributed by atoms with Crippen LogP contribution in [0.2, 0.25) is 5.02 Å². The number of hydrogen-bond donors (Lipinski definition) is 3. The Kier molecular flexibility index (Phi) is 11.6. The largest absolute Gasteiger partial charge is 0.446 e. The third-order valence-corrected chi connectivity index (χ3v) is 10.0. The summed E-state index contributed by atoms with van der Waals surface area (Å²) in [5.41, 5.74) is -0.395. The molecule has 1 aromatic rings. The number of halogens is 1. The van der Waals surface area contributed by atoms with E-state index in [-0.39, 0.29) is 31.5 Å². The first kappa shape index (κ1) is 36.6. The lowest BCUT2D eigenvalue weighted by Gasteiger charge is -2.35. The number of ether oxygens (including phenoxy) is 1. The fourth-order valence-electron chi connectivity index (χ4n) is 6.90. The molecule has 12 nitrogen and oxygen atoms in total. The van der Waals surface area contributed by atoms with Crippen molar-refractivity contribution in [3.05, 3.63) is 34.9 Å². The van der Waals surface area contributed by atoms with Crippen LogP contribution in [-0.2, 0) is 28.8 Å². The van der Waals surface area contributed by atoms with E-state index in [0.29, 0.717) is 23.6 Å². The third kappa shape index (κ3) is 9.32. The molecule has 1 aromatic carbocycles. The number of hydrogen-bond acceptors (Lipinski definition) is 8. The summed E-state index contributed by atoms with van der Waals surface area (Å²) in [6, 6.07) is 4.03. The van der Waals surface area contributed by atoms with Crippen molar-refractivity contribution in [3.8, 4) is 0 Å². The molecule has 0 aromatic heterocycles. The summed E-state index contributed by atoms with van der Waals surface area (Å²) in [6.07, 6.45) is 7.67. The van der Waals surface area contributed by atoms with Gasteiger partial charge in [0, 0.05) is 29.5 Å². The minimum Gasteiger partial charge on any atom is -0.446 e. The number of nitrogens with zero attached hydrogens (tertiary/aromatic N) is 2. The monoisotopic (exact) mass is 699 g/mol. The van der Waals surface area contributed by atoms with Gasteiger partial charge in [-0.3, -0.25) is 19.2 Å². The predicted octanol–water partition coefficient (Wildman–Crippen LogP) is 4.80. The highest BCUT2D eigenvalue weighted by atomic mass is 35.5. The molecule has 2 aliphatic heterocycles. The first-order valence-corrected chi connectivity index (χ1v) is 18.1. The molecule has 3 fully saturated rings. The number of benzene rings is 1. The van der Waals surface area contributed by atoms with Gasteiger partial charge in [0.05, 0.1) is 18.3 Å². The number of oxime groups is 1. The van der Waals surface area contributed by atoms with Crippen LogP contribution >= 0.6 is 11.6 Å². The average molecular weight is 700 g/mol. The predicted molar refractivity (Wildman–Crippen MR) is 184 cm³/mol. The van der Waals surface area contributed by atoms with Crippen LogP contribution in [0.4, 0.5) is 4.79 Å². The van der Waals surface area contributed by atoms with Gasteiger partial charge in [-0.25, -0.2) is 4.79 Å². The highest BCUT2D eigenvalue weighted by Crippen LogP contribution is 2.40. The fourth-order valence-corrected chi connectivity index (χ4v) is 7.09. The topological polar surface area (TPSA) is 156 Å². The summed E-state index contributed by atoms with van der Waals surface area (Å²) < 4.78 is 5.78. The second kappa shape index (κ2) is 15.5. The third-order valence-electron chi connectivity index (χ3n) is 9.78. The zero-order valence-corrected chi connectivity index (χ0v) is 29.8. The lowest BCUT2D eigenvalue weighted by Crippen LogP contribution is -2.59. The van der Waals surface area contributed by atoms with Crippen LogP contribution in [-0.4, -0.2) is 82.6 Å². The molecule has 4 aliphatic rings. The summed E-state index contributed by atoms with van der Waals surface area (Å²) >= 11 is 6.24. The molecule has 4 atom stereocenters. The molecular formula is C36H50ClN5O7. The smallest absolute Gasteiger partial charge is 0.408 e. The van der Waals surface area contributed by atoms with Crippen LogP contribution in [0, 0.1) is 5.41 Å². The van der Waals surface area contributed by atoms with Gasteiger partial charge >= 0.3 is 6.09 Å². The number of alkyl carbamates (subject to hydrolysis) is 1. The molecule has 5 rings (SSSR count). The van der Waals surface area contributed by atoms with Gasteiger partial charge in [0.15, 0.2) is 5.60 Å². The molecule has 1 spiro atoms. The molecule has 1 saturated heterocycles. The summed E-state index contributed by atoms with van der Waals surface area (Å²) in [6.45, 7) is 7.38. The zero-order valence-electron chi connectivity index (χ0n) is 29.0. The van der Waals surface area contributed by atoms with E-state index in [1.54, 1.807) is 12.1 Å². The number of carbonyl (C=O) groups is 5. The molecule has 0 bridgehead atoms. The molecule has 4 amide bonds. The molecular weight excluding hydrogens is 650 g/mol. The van der Waals surface area contributed by atoms with Gasteiger partial charge in [-0.05, 0) is 62.5 Å². The van der Waals surface area contributed by atoms with Crippen molar-refractivity contribution >= 4 is 46.9 Å². The Labute approximate surface area is 293 Å². The van der Waals surface area contributed by atoms with Crippen molar-refractivity contribution in [3.63, 3.8) is 0 Å². The van der Waals surface area contributed by atoms with Crippen molar-refractivity contribution in [1.82, 2.24) is 20.9 Å². The van der Waals surface area contributed by atoms with Crippen LogP contribution in [0.15, 0.2) is 29.4 Å². The van der Waals surface area contributed by atoms with E-state index < -0.39 is 58.7 Å². The highest BCUT2D eigenvalue weighted by molar-refractivity contribution is 6.38. The summed E-state index contributed by atoms with van der Waals surface area (Å²) in [4.78, 5) is 75.2. The van der Waals surface area contributed by atoms with Crippen LogP contribution in [0.25, 0.3) is 0 Å². The first-order valence-electron chi connectivity index (χ1n) is 17.7. The van der Waals surface area contributed by atoms with E-state index in [1.165, 1.54) is 4.90 Å². The van der Waals surface area contributed by atoms with Crippen molar-refractivity contribution < 1.29 is 33.5 Å². The molecule has 49 heavy (non-hydrogen) atoms.